The molecule has 4 rings (SSSR count). The molecule has 1 amide bonds. The van der Waals surface area contributed by atoms with Gasteiger partial charge in [-0.05, 0) is 48.7 Å². The lowest BCUT2D eigenvalue weighted by Crippen LogP contribution is -2.48. The molecular formula is C22H23FN4O3. The number of carbonyl (C=O) groups is 1. The van der Waals surface area contributed by atoms with Gasteiger partial charge in [-0.3, -0.25) is 14.9 Å². The molecule has 30 heavy (non-hydrogen) atoms. The number of nitrogens with one attached hydrogen (secondary N) is 1. The smallest absolute Gasteiger partial charge is 0.225 e. The van der Waals surface area contributed by atoms with Crippen molar-refractivity contribution < 1.29 is 19.0 Å². The predicted molar refractivity (Wildman–Crippen MR) is 108 cm³/mol. The molecule has 1 fully saturated rings. The highest BCUT2D eigenvalue weighted by atomic mass is 19.1. The van der Waals surface area contributed by atoms with Gasteiger partial charge in [0.1, 0.15) is 18.2 Å². The Labute approximate surface area is 173 Å². The van der Waals surface area contributed by atoms with Gasteiger partial charge in [-0.15, -0.1) is 0 Å². The molecule has 2 N–H and O–H groups in total. The number of ether oxygens (including phenoxy) is 1. The summed E-state index contributed by atoms with van der Waals surface area (Å²) in [6.45, 7) is 0.203. The number of carbonyl (C=O) groups excluding carboxylic acids is 1. The number of benzene rings is 1. The van der Waals surface area contributed by atoms with Crippen molar-refractivity contribution in [3.8, 4) is 17.1 Å². The Morgan fingerprint density at radius 2 is 2.10 bits per heavy atom. The molecule has 0 saturated heterocycles. The van der Waals surface area contributed by atoms with Crippen LogP contribution >= 0.6 is 0 Å². The van der Waals surface area contributed by atoms with Crippen LogP contribution in [0.15, 0.2) is 48.8 Å². The molecule has 3 aromatic rings. The van der Waals surface area contributed by atoms with Gasteiger partial charge >= 0.3 is 0 Å². The molecule has 8 heteroatoms. The number of aromatic nitrogens is 3. The number of hydrogen-bond acceptors (Lipinski definition) is 5. The van der Waals surface area contributed by atoms with Crippen LogP contribution in [0.3, 0.4) is 0 Å². The zero-order valence-electron chi connectivity index (χ0n) is 16.8. The summed E-state index contributed by atoms with van der Waals surface area (Å²) in [4.78, 5) is 17.9. The number of hydrogen-bond donors (Lipinski definition) is 2. The number of pyridine rings is 1. The number of amides is 1. The van der Waals surface area contributed by atoms with Crippen molar-refractivity contribution in [3.63, 3.8) is 0 Å². The molecule has 0 atom stereocenters. The average Bonchev–Trinajstić information content (AvgIpc) is 3.25. The van der Waals surface area contributed by atoms with Crippen molar-refractivity contribution in [2.45, 2.75) is 25.0 Å². The summed E-state index contributed by atoms with van der Waals surface area (Å²) in [7, 11) is 3.35. The lowest BCUT2D eigenvalue weighted by Gasteiger charge is -2.44. The van der Waals surface area contributed by atoms with E-state index in [9.17, 15) is 14.3 Å². The molecule has 7 nitrogen and oxygen atoms in total. The van der Waals surface area contributed by atoms with Crippen LogP contribution in [0.4, 0.5) is 4.39 Å². The number of nitrogens with zero attached hydrogens (tertiary/aromatic N) is 3. The summed E-state index contributed by atoms with van der Waals surface area (Å²) in [5, 5.41) is 17.6. The molecule has 0 aliphatic heterocycles. The van der Waals surface area contributed by atoms with Crippen molar-refractivity contribution in [1.29, 1.82) is 0 Å². The van der Waals surface area contributed by atoms with E-state index < -0.39 is 11.4 Å². The largest absolute Gasteiger partial charge is 0.487 e. The Morgan fingerprint density at radius 1 is 1.30 bits per heavy atom. The van der Waals surface area contributed by atoms with Gasteiger partial charge in [-0.25, -0.2) is 4.39 Å². The second-order valence-electron chi connectivity index (χ2n) is 7.82. The first-order chi connectivity index (χ1) is 14.4. The number of H-pyrrole nitrogens is 1. The van der Waals surface area contributed by atoms with Crippen LogP contribution in [0.1, 0.15) is 24.0 Å². The summed E-state index contributed by atoms with van der Waals surface area (Å²) in [6, 6.07) is 9.99. The Balaban J connectivity index is 1.42. The third-order valence-electron chi connectivity index (χ3n) is 5.41. The Hall–Kier alpha value is -3.26. The monoisotopic (exact) mass is 410 g/mol. The van der Waals surface area contributed by atoms with Crippen molar-refractivity contribution in [1.82, 2.24) is 20.1 Å². The Morgan fingerprint density at radius 3 is 2.73 bits per heavy atom. The van der Waals surface area contributed by atoms with E-state index in [0.29, 0.717) is 5.75 Å². The fourth-order valence-corrected chi connectivity index (χ4v) is 3.72. The first-order valence-corrected chi connectivity index (χ1v) is 9.67. The topological polar surface area (TPSA) is 91.3 Å². The van der Waals surface area contributed by atoms with Crippen molar-refractivity contribution >= 4 is 5.91 Å². The first-order valence-electron chi connectivity index (χ1n) is 9.67. The minimum absolute atomic E-state index is 0.0503. The van der Waals surface area contributed by atoms with Gasteiger partial charge in [-0.1, -0.05) is 6.07 Å². The molecule has 1 aromatic carbocycles. The zero-order chi connectivity index (χ0) is 21.3. The van der Waals surface area contributed by atoms with Crippen LogP contribution in [0, 0.1) is 11.7 Å². The normalized spacial score (nSPS) is 20.5. The van der Waals surface area contributed by atoms with Crippen molar-refractivity contribution in [2.75, 3.05) is 14.1 Å². The van der Waals surface area contributed by atoms with E-state index in [1.54, 1.807) is 44.7 Å². The molecule has 1 saturated carbocycles. The highest BCUT2D eigenvalue weighted by Gasteiger charge is 2.49. The summed E-state index contributed by atoms with van der Waals surface area (Å²) in [5.74, 6) is -0.250. The molecule has 0 bridgehead atoms. The SMILES string of the molecule is CN(C)C(=O)[C@H]1C[C@](O)(c2cc(COc3ccc(-c4ccn[nH]4)nc3)ccc2F)C1. The third-order valence-corrected chi connectivity index (χ3v) is 5.41. The number of rotatable bonds is 6. The summed E-state index contributed by atoms with van der Waals surface area (Å²) in [6.07, 6.45) is 3.69. The highest BCUT2D eigenvalue weighted by Crippen LogP contribution is 2.47. The lowest BCUT2D eigenvalue weighted by molar-refractivity contribution is -0.151. The van der Waals surface area contributed by atoms with E-state index in [1.807, 2.05) is 12.1 Å². The maximum absolute atomic E-state index is 14.4. The fourth-order valence-electron chi connectivity index (χ4n) is 3.72. The maximum atomic E-state index is 14.4. The highest BCUT2D eigenvalue weighted by molar-refractivity contribution is 5.79. The molecule has 1 aliphatic carbocycles. The summed E-state index contributed by atoms with van der Waals surface area (Å²) < 4.78 is 20.2. The molecule has 1 aliphatic rings. The van der Waals surface area contributed by atoms with Gasteiger partial charge in [0, 0.05) is 31.8 Å². The second kappa shape index (κ2) is 7.87. The van der Waals surface area contributed by atoms with Gasteiger partial charge in [0.05, 0.1) is 23.2 Å². The average molecular weight is 410 g/mol. The standard InChI is InChI=1S/C22H23FN4O3/c1-27(2)21(28)15-10-22(29,11-15)17-9-14(3-5-18(17)23)13-30-16-4-6-19(24-12-16)20-7-8-25-26-20/h3-9,12,15,29H,10-11,13H2,1-2H3,(H,25,26)/t15-,22+. The molecule has 156 valence electrons. The van der Waals surface area contributed by atoms with Crippen LogP contribution in [0.5, 0.6) is 5.75 Å². The minimum atomic E-state index is -1.33. The Bertz CT molecular complexity index is 1030. The molecule has 2 aromatic heterocycles. The van der Waals surface area contributed by atoms with Gasteiger partial charge in [0.2, 0.25) is 5.91 Å². The minimum Gasteiger partial charge on any atom is -0.487 e. The number of aliphatic hydroxyl groups is 1. The molecule has 0 unspecified atom stereocenters. The Kier molecular flexibility index (Phi) is 5.26. The molecule has 0 spiro atoms. The van der Waals surface area contributed by atoms with Crippen molar-refractivity contribution in [3.05, 3.63) is 65.7 Å². The van der Waals surface area contributed by atoms with Gasteiger partial charge in [-0.2, -0.15) is 5.10 Å². The van der Waals surface area contributed by atoms with E-state index in [0.717, 1.165) is 17.0 Å². The quantitative estimate of drug-likeness (QED) is 0.652. The maximum Gasteiger partial charge on any atom is 0.225 e. The lowest BCUT2D eigenvalue weighted by atomic mass is 9.66. The third kappa shape index (κ3) is 3.91. The van der Waals surface area contributed by atoms with Gasteiger partial charge < -0.3 is 14.7 Å². The molecule has 0 radical (unpaired) electrons. The first kappa shape index (κ1) is 20.0. The van der Waals surface area contributed by atoms with Gasteiger partial charge in [0.25, 0.3) is 0 Å². The van der Waals surface area contributed by atoms with Gasteiger partial charge in [0.15, 0.2) is 0 Å². The summed E-state index contributed by atoms with van der Waals surface area (Å²) >= 11 is 0. The van der Waals surface area contributed by atoms with Crippen LogP contribution in [0.2, 0.25) is 0 Å². The van der Waals surface area contributed by atoms with Crippen LogP contribution in [0.25, 0.3) is 11.4 Å². The number of aromatic amines is 1. The molecular weight excluding hydrogens is 387 g/mol. The van der Waals surface area contributed by atoms with E-state index in [4.69, 9.17) is 4.74 Å². The zero-order valence-corrected chi connectivity index (χ0v) is 16.8. The second-order valence-corrected chi connectivity index (χ2v) is 7.82. The fraction of sp³-hybridized carbons (Fsp3) is 0.318. The van der Waals surface area contributed by atoms with E-state index >= 15 is 0 Å². The van der Waals surface area contributed by atoms with E-state index in [1.165, 1.54) is 11.0 Å². The number of halogens is 1. The van der Waals surface area contributed by atoms with Crippen LogP contribution in [-0.2, 0) is 17.0 Å². The van der Waals surface area contributed by atoms with E-state index in [2.05, 4.69) is 15.2 Å². The summed E-state index contributed by atoms with van der Waals surface area (Å²) in [5.41, 5.74) is 1.16. The van der Waals surface area contributed by atoms with Crippen LogP contribution in [-0.4, -0.2) is 45.2 Å². The van der Waals surface area contributed by atoms with E-state index in [-0.39, 0.29) is 36.8 Å². The van der Waals surface area contributed by atoms with Crippen LogP contribution < -0.4 is 4.74 Å². The molecule has 2 heterocycles. The predicted octanol–water partition coefficient (Wildman–Crippen LogP) is 2.88. The van der Waals surface area contributed by atoms with Crippen molar-refractivity contribution in [2.24, 2.45) is 5.92 Å².